The van der Waals surface area contributed by atoms with E-state index in [2.05, 4.69) is 25.1 Å². The summed E-state index contributed by atoms with van der Waals surface area (Å²) < 4.78 is 7.69. The maximum absolute atomic E-state index is 12.1. The number of imidazole rings is 1. The van der Waals surface area contributed by atoms with Crippen molar-refractivity contribution < 1.29 is 9.21 Å². The van der Waals surface area contributed by atoms with Crippen molar-refractivity contribution in [2.75, 3.05) is 0 Å². The molecule has 1 aliphatic rings. The Kier molecular flexibility index (Phi) is 4.12. The number of aromatic nitrogens is 4. The second kappa shape index (κ2) is 6.56. The Hall–Kier alpha value is -2.48. The fraction of sp³-hybridized carbons (Fsp3) is 0.375. The first-order valence-electron chi connectivity index (χ1n) is 7.92. The van der Waals surface area contributed by atoms with Crippen LogP contribution < -0.4 is 5.32 Å². The molecule has 0 fully saturated rings. The molecule has 124 valence electrons. The van der Waals surface area contributed by atoms with Gasteiger partial charge in [0.05, 0.1) is 0 Å². The number of amides is 1. The van der Waals surface area contributed by atoms with Gasteiger partial charge in [0.15, 0.2) is 0 Å². The molecule has 4 heterocycles. The number of carbonyl (C=O) groups excluding carboxylic acids is 1. The third-order valence-corrected chi connectivity index (χ3v) is 4.78. The van der Waals surface area contributed by atoms with Gasteiger partial charge in [-0.15, -0.1) is 10.2 Å². The molecule has 8 heteroatoms. The first-order chi connectivity index (χ1) is 11.8. The van der Waals surface area contributed by atoms with Crippen molar-refractivity contribution in [3.8, 4) is 11.5 Å². The highest BCUT2D eigenvalue weighted by molar-refractivity contribution is 7.08. The lowest BCUT2D eigenvalue weighted by atomic mass is 10.1. The summed E-state index contributed by atoms with van der Waals surface area (Å²) in [4.78, 5) is 16.4. The number of hydrogen-bond acceptors (Lipinski definition) is 6. The van der Waals surface area contributed by atoms with E-state index >= 15 is 0 Å². The van der Waals surface area contributed by atoms with Crippen molar-refractivity contribution in [1.29, 1.82) is 0 Å². The highest BCUT2D eigenvalue weighted by Crippen LogP contribution is 2.20. The summed E-state index contributed by atoms with van der Waals surface area (Å²) in [5, 5.41) is 15.0. The maximum Gasteiger partial charge on any atom is 0.248 e. The van der Waals surface area contributed by atoms with Crippen LogP contribution in [-0.2, 0) is 24.2 Å². The van der Waals surface area contributed by atoms with E-state index in [1.54, 1.807) is 17.5 Å². The fourth-order valence-electron chi connectivity index (χ4n) is 2.86. The minimum absolute atomic E-state index is 0.0128. The van der Waals surface area contributed by atoms with Crippen molar-refractivity contribution >= 4 is 17.2 Å². The fourth-order valence-corrected chi connectivity index (χ4v) is 3.49. The first-order valence-corrected chi connectivity index (χ1v) is 8.86. The molecule has 1 unspecified atom stereocenters. The van der Waals surface area contributed by atoms with Crippen LogP contribution in [0.15, 0.2) is 33.6 Å². The second-order valence-electron chi connectivity index (χ2n) is 5.81. The van der Waals surface area contributed by atoms with Gasteiger partial charge in [0.2, 0.25) is 17.7 Å². The number of carbonyl (C=O) groups is 1. The zero-order valence-corrected chi connectivity index (χ0v) is 13.8. The van der Waals surface area contributed by atoms with E-state index in [0.717, 1.165) is 30.8 Å². The summed E-state index contributed by atoms with van der Waals surface area (Å²) >= 11 is 1.58. The average molecular weight is 343 g/mol. The number of nitrogens with one attached hydrogen (secondary N) is 1. The lowest BCUT2D eigenvalue weighted by Crippen LogP contribution is -2.41. The quantitative estimate of drug-likeness (QED) is 0.766. The van der Waals surface area contributed by atoms with E-state index in [4.69, 9.17) is 4.42 Å². The molecule has 0 saturated heterocycles. The van der Waals surface area contributed by atoms with Gasteiger partial charge in [-0.05, 0) is 17.9 Å². The monoisotopic (exact) mass is 343 g/mol. The third kappa shape index (κ3) is 3.23. The van der Waals surface area contributed by atoms with Gasteiger partial charge in [0.25, 0.3) is 0 Å². The Morgan fingerprint density at radius 3 is 3.29 bits per heavy atom. The highest BCUT2D eigenvalue weighted by atomic mass is 32.1. The largest absolute Gasteiger partial charge is 0.421 e. The van der Waals surface area contributed by atoms with Gasteiger partial charge in [-0.25, -0.2) is 4.98 Å². The number of aryl methyl sites for hydroxylation is 2. The van der Waals surface area contributed by atoms with Gasteiger partial charge in [0, 0.05) is 55.2 Å². The van der Waals surface area contributed by atoms with Crippen LogP contribution >= 0.6 is 11.3 Å². The van der Waals surface area contributed by atoms with E-state index in [0.29, 0.717) is 24.6 Å². The molecule has 1 amide bonds. The number of hydrogen-bond donors (Lipinski definition) is 1. The average Bonchev–Trinajstić information content (AvgIpc) is 3.32. The molecule has 0 spiro atoms. The molecule has 3 aromatic rings. The van der Waals surface area contributed by atoms with Crippen molar-refractivity contribution in [2.45, 2.75) is 38.3 Å². The topological polar surface area (TPSA) is 85.8 Å². The third-order valence-electron chi connectivity index (χ3n) is 4.10. The SMILES string of the molecule is O=C(CCc1nnc(-c2ccsc2)o1)NC1CCc2nccn2C1. The normalized spacial score (nSPS) is 16.8. The van der Waals surface area contributed by atoms with Crippen LogP contribution in [0, 0.1) is 0 Å². The molecule has 1 aliphatic heterocycles. The van der Waals surface area contributed by atoms with E-state index in [-0.39, 0.29) is 11.9 Å². The van der Waals surface area contributed by atoms with Crippen molar-refractivity contribution in [1.82, 2.24) is 25.1 Å². The molecular weight excluding hydrogens is 326 g/mol. The predicted molar refractivity (Wildman–Crippen MR) is 88.4 cm³/mol. The van der Waals surface area contributed by atoms with Crippen LogP contribution in [0.4, 0.5) is 0 Å². The molecule has 1 atom stereocenters. The van der Waals surface area contributed by atoms with Crippen LogP contribution in [0.5, 0.6) is 0 Å². The van der Waals surface area contributed by atoms with Crippen LogP contribution in [-0.4, -0.2) is 31.7 Å². The smallest absolute Gasteiger partial charge is 0.248 e. The summed E-state index contributed by atoms with van der Waals surface area (Å²) in [6.45, 7) is 0.782. The summed E-state index contributed by atoms with van der Waals surface area (Å²) in [6, 6.07) is 2.09. The Balaban J connectivity index is 1.28. The Morgan fingerprint density at radius 1 is 1.46 bits per heavy atom. The van der Waals surface area contributed by atoms with Gasteiger partial charge in [0.1, 0.15) is 5.82 Å². The summed E-state index contributed by atoms with van der Waals surface area (Å²) in [5.74, 6) is 2.10. The van der Waals surface area contributed by atoms with E-state index in [9.17, 15) is 4.79 Å². The number of thiophene rings is 1. The number of rotatable bonds is 5. The molecule has 0 bridgehead atoms. The zero-order chi connectivity index (χ0) is 16.4. The lowest BCUT2D eigenvalue weighted by molar-refractivity contribution is -0.122. The van der Waals surface area contributed by atoms with E-state index in [1.807, 2.05) is 23.0 Å². The van der Waals surface area contributed by atoms with Crippen LogP contribution in [0.3, 0.4) is 0 Å². The molecule has 0 aliphatic carbocycles. The Labute approximate surface area is 142 Å². The molecule has 1 N–H and O–H groups in total. The second-order valence-corrected chi connectivity index (χ2v) is 6.59. The maximum atomic E-state index is 12.1. The molecule has 7 nitrogen and oxygen atoms in total. The predicted octanol–water partition coefficient (Wildman–Crippen LogP) is 2.06. The first kappa shape index (κ1) is 15.1. The molecule has 24 heavy (non-hydrogen) atoms. The van der Waals surface area contributed by atoms with Gasteiger partial charge < -0.3 is 14.3 Å². The van der Waals surface area contributed by atoms with E-state index in [1.165, 1.54) is 0 Å². The molecule has 0 aromatic carbocycles. The molecular formula is C16H17N5O2S. The minimum Gasteiger partial charge on any atom is -0.421 e. The van der Waals surface area contributed by atoms with E-state index < -0.39 is 0 Å². The van der Waals surface area contributed by atoms with Crippen molar-refractivity contribution in [3.05, 3.63) is 40.9 Å². The number of fused-ring (bicyclic) bond motifs is 1. The Morgan fingerprint density at radius 2 is 2.42 bits per heavy atom. The standard InChI is InChI=1S/C16H17N5O2S/c22-14(18-12-1-2-13-17-6-7-21(13)9-12)3-4-15-19-20-16(23-15)11-5-8-24-10-11/h5-8,10,12H,1-4,9H2,(H,18,22). The van der Waals surface area contributed by atoms with Gasteiger partial charge in [-0.3, -0.25) is 4.79 Å². The van der Waals surface area contributed by atoms with Gasteiger partial charge >= 0.3 is 0 Å². The molecule has 3 aromatic heterocycles. The van der Waals surface area contributed by atoms with Crippen molar-refractivity contribution in [3.63, 3.8) is 0 Å². The zero-order valence-electron chi connectivity index (χ0n) is 13.0. The van der Waals surface area contributed by atoms with Crippen LogP contribution in [0.2, 0.25) is 0 Å². The Bertz CT molecular complexity index is 823. The molecule has 0 saturated carbocycles. The minimum atomic E-state index is 0.0128. The van der Waals surface area contributed by atoms with Crippen molar-refractivity contribution in [2.24, 2.45) is 0 Å². The van der Waals surface area contributed by atoms with Crippen LogP contribution in [0.1, 0.15) is 24.6 Å². The van der Waals surface area contributed by atoms with Crippen LogP contribution in [0.25, 0.3) is 11.5 Å². The lowest BCUT2D eigenvalue weighted by Gasteiger charge is -2.24. The van der Waals surface area contributed by atoms with Gasteiger partial charge in [-0.2, -0.15) is 11.3 Å². The highest BCUT2D eigenvalue weighted by Gasteiger charge is 2.20. The molecule has 0 radical (unpaired) electrons. The summed E-state index contributed by atoms with van der Waals surface area (Å²) in [7, 11) is 0. The molecule has 4 rings (SSSR count). The van der Waals surface area contributed by atoms with Gasteiger partial charge in [-0.1, -0.05) is 0 Å². The number of nitrogens with zero attached hydrogens (tertiary/aromatic N) is 4. The summed E-state index contributed by atoms with van der Waals surface area (Å²) in [5.41, 5.74) is 0.918. The summed E-state index contributed by atoms with van der Waals surface area (Å²) in [6.07, 6.45) is 6.38.